The van der Waals surface area contributed by atoms with Crippen LogP contribution in [0.1, 0.15) is 59.6 Å². The molecule has 0 aromatic carbocycles. The average Bonchev–Trinajstić information content (AvgIpc) is 2.88. The SMILES string of the molecule is CC1(C)C[C@H](CCC(Cc2ccc(Br)cn2)NS(=O)C(C)(C)C)CN1C(=O)O. The number of nitrogens with one attached hydrogen (secondary N) is 1. The van der Waals surface area contributed by atoms with Gasteiger partial charge >= 0.3 is 6.09 Å². The zero-order valence-electron chi connectivity index (χ0n) is 17.4. The number of carbonyl (C=O) groups is 1. The summed E-state index contributed by atoms with van der Waals surface area (Å²) in [6, 6.07) is 3.96. The van der Waals surface area contributed by atoms with Gasteiger partial charge in [-0.2, -0.15) is 0 Å². The van der Waals surface area contributed by atoms with Gasteiger partial charge in [-0.15, -0.1) is 0 Å². The zero-order valence-corrected chi connectivity index (χ0v) is 19.8. The molecular weight excluding hydrogens is 442 g/mol. The molecule has 0 radical (unpaired) electrons. The summed E-state index contributed by atoms with van der Waals surface area (Å²) in [4.78, 5) is 17.5. The van der Waals surface area contributed by atoms with Gasteiger partial charge in [-0.25, -0.2) is 13.7 Å². The molecule has 2 rings (SSSR count). The van der Waals surface area contributed by atoms with E-state index in [4.69, 9.17) is 0 Å². The Hall–Kier alpha value is -0.990. The first-order valence-corrected chi connectivity index (χ1v) is 11.6. The predicted molar refractivity (Wildman–Crippen MR) is 117 cm³/mol. The lowest BCUT2D eigenvalue weighted by Gasteiger charge is -2.28. The summed E-state index contributed by atoms with van der Waals surface area (Å²) in [5.41, 5.74) is 0.617. The van der Waals surface area contributed by atoms with Crippen LogP contribution >= 0.6 is 15.9 Å². The topological polar surface area (TPSA) is 82.5 Å². The lowest BCUT2D eigenvalue weighted by Crippen LogP contribution is -2.41. The first-order valence-electron chi connectivity index (χ1n) is 9.67. The molecule has 6 nitrogen and oxygen atoms in total. The van der Waals surface area contributed by atoms with Crippen LogP contribution in [0.2, 0.25) is 0 Å². The Bertz CT molecular complexity index is 704. The Labute approximate surface area is 179 Å². The Morgan fingerprint density at radius 2 is 2.14 bits per heavy atom. The Kier molecular flexibility index (Phi) is 7.67. The molecule has 3 atom stereocenters. The number of hydrogen-bond acceptors (Lipinski definition) is 3. The van der Waals surface area contributed by atoms with Crippen LogP contribution in [0.3, 0.4) is 0 Å². The highest BCUT2D eigenvalue weighted by Gasteiger charge is 2.41. The number of hydrogen-bond donors (Lipinski definition) is 2. The second kappa shape index (κ2) is 9.22. The van der Waals surface area contributed by atoms with Gasteiger partial charge in [0.15, 0.2) is 0 Å². The van der Waals surface area contributed by atoms with Gasteiger partial charge in [0, 0.05) is 40.9 Å². The summed E-state index contributed by atoms with van der Waals surface area (Å²) < 4.78 is 16.5. The molecule has 0 aliphatic carbocycles. The number of likely N-dealkylation sites (tertiary alicyclic amines) is 1. The molecule has 0 saturated carbocycles. The number of halogens is 1. The number of rotatable bonds is 7. The van der Waals surface area contributed by atoms with Gasteiger partial charge in [0.2, 0.25) is 0 Å². The second-order valence-corrected chi connectivity index (χ2v) is 12.1. The van der Waals surface area contributed by atoms with Crippen LogP contribution in [-0.4, -0.2) is 48.2 Å². The van der Waals surface area contributed by atoms with E-state index in [9.17, 15) is 14.1 Å². The van der Waals surface area contributed by atoms with E-state index in [0.717, 1.165) is 29.4 Å². The van der Waals surface area contributed by atoms with E-state index in [1.54, 1.807) is 11.1 Å². The van der Waals surface area contributed by atoms with Gasteiger partial charge in [-0.1, -0.05) is 0 Å². The van der Waals surface area contributed by atoms with Crippen molar-refractivity contribution in [3.63, 3.8) is 0 Å². The fraction of sp³-hybridized carbons (Fsp3) is 0.700. The third-order valence-corrected chi connectivity index (χ3v) is 7.32. The number of nitrogens with zero attached hydrogens (tertiary/aromatic N) is 2. The van der Waals surface area contributed by atoms with E-state index in [0.29, 0.717) is 18.9 Å². The third-order valence-electron chi connectivity index (χ3n) is 5.19. The van der Waals surface area contributed by atoms with Crippen LogP contribution in [0.15, 0.2) is 22.8 Å². The van der Waals surface area contributed by atoms with Gasteiger partial charge in [0.25, 0.3) is 0 Å². The maximum atomic E-state index is 12.6. The van der Waals surface area contributed by atoms with Crippen molar-refractivity contribution in [1.29, 1.82) is 0 Å². The van der Waals surface area contributed by atoms with Crippen molar-refractivity contribution in [2.45, 2.75) is 76.6 Å². The first kappa shape index (κ1) is 23.3. The van der Waals surface area contributed by atoms with Crippen LogP contribution in [0.4, 0.5) is 4.79 Å². The molecule has 1 fully saturated rings. The lowest BCUT2D eigenvalue weighted by atomic mass is 9.91. The summed E-state index contributed by atoms with van der Waals surface area (Å²) in [7, 11) is -1.17. The molecule has 2 heterocycles. The Morgan fingerprint density at radius 1 is 1.46 bits per heavy atom. The summed E-state index contributed by atoms with van der Waals surface area (Å²) in [5.74, 6) is 0.316. The van der Waals surface area contributed by atoms with Crippen molar-refractivity contribution >= 4 is 33.0 Å². The van der Waals surface area contributed by atoms with Crippen molar-refractivity contribution < 1.29 is 14.1 Å². The second-order valence-electron chi connectivity index (χ2n) is 9.22. The predicted octanol–water partition coefficient (Wildman–Crippen LogP) is 4.37. The number of carboxylic acid groups (broad SMARTS) is 1. The van der Waals surface area contributed by atoms with Crippen LogP contribution in [-0.2, 0) is 17.4 Å². The molecule has 2 N–H and O–H groups in total. The maximum absolute atomic E-state index is 12.6. The van der Waals surface area contributed by atoms with Crippen LogP contribution < -0.4 is 4.72 Å². The van der Waals surface area contributed by atoms with Gasteiger partial charge in [0.1, 0.15) is 0 Å². The van der Waals surface area contributed by atoms with Gasteiger partial charge in [0.05, 0.1) is 15.7 Å². The normalized spacial score (nSPS) is 21.5. The van der Waals surface area contributed by atoms with E-state index >= 15 is 0 Å². The molecule has 1 amide bonds. The lowest BCUT2D eigenvalue weighted by molar-refractivity contribution is 0.117. The quantitative estimate of drug-likeness (QED) is 0.615. The van der Waals surface area contributed by atoms with Crippen molar-refractivity contribution in [2.24, 2.45) is 5.92 Å². The monoisotopic (exact) mass is 473 g/mol. The molecular formula is C20H32BrN3O3S. The Balaban J connectivity index is 2.04. The highest BCUT2D eigenvalue weighted by Crippen LogP contribution is 2.35. The minimum atomic E-state index is -1.17. The summed E-state index contributed by atoms with van der Waals surface area (Å²) in [5, 5.41) is 9.43. The number of pyridine rings is 1. The van der Waals surface area contributed by atoms with E-state index in [2.05, 4.69) is 25.6 Å². The number of aromatic nitrogens is 1. The molecule has 0 bridgehead atoms. The largest absolute Gasteiger partial charge is 0.465 e. The van der Waals surface area contributed by atoms with Gasteiger partial charge in [-0.3, -0.25) is 4.98 Å². The van der Waals surface area contributed by atoms with Crippen LogP contribution in [0, 0.1) is 5.92 Å². The molecule has 8 heteroatoms. The maximum Gasteiger partial charge on any atom is 0.407 e. The molecule has 1 aliphatic heterocycles. The molecule has 1 saturated heterocycles. The van der Waals surface area contributed by atoms with E-state index in [-0.39, 0.29) is 16.3 Å². The molecule has 1 aromatic heterocycles. The van der Waals surface area contributed by atoms with Crippen molar-refractivity contribution in [3.8, 4) is 0 Å². The third kappa shape index (κ3) is 6.52. The van der Waals surface area contributed by atoms with Crippen molar-refractivity contribution in [2.75, 3.05) is 6.54 Å². The summed E-state index contributed by atoms with van der Waals surface area (Å²) in [6.07, 6.45) is 4.18. The zero-order chi connectivity index (χ0) is 21.1. The molecule has 1 aromatic rings. The fourth-order valence-electron chi connectivity index (χ4n) is 3.66. The molecule has 1 aliphatic rings. The molecule has 2 unspecified atom stereocenters. The van der Waals surface area contributed by atoms with Crippen molar-refractivity contribution in [3.05, 3.63) is 28.5 Å². The van der Waals surface area contributed by atoms with Crippen molar-refractivity contribution in [1.82, 2.24) is 14.6 Å². The highest BCUT2D eigenvalue weighted by molar-refractivity contribution is 9.10. The molecule has 0 spiro atoms. The van der Waals surface area contributed by atoms with Gasteiger partial charge in [-0.05, 0) is 87.9 Å². The Morgan fingerprint density at radius 3 is 2.64 bits per heavy atom. The first-order chi connectivity index (χ1) is 12.9. The van der Waals surface area contributed by atoms with Crippen LogP contribution in [0.5, 0.6) is 0 Å². The van der Waals surface area contributed by atoms with Gasteiger partial charge < -0.3 is 10.0 Å². The van der Waals surface area contributed by atoms with E-state index < -0.39 is 17.1 Å². The smallest absolute Gasteiger partial charge is 0.407 e. The summed E-state index contributed by atoms with van der Waals surface area (Å²) in [6.45, 7) is 10.4. The van der Waals surface area contributed by atoms with E-state index in [1.165, 1.54) is 0 Å². The highest BCUT2D eigenvalue weighted by atomic mass is 79.9. The standard InChI is InChI=1S/C20H32BrN3O3S/c1-19(2,3)28(27)23-17(10-16-9-7-15(21)12-22-16)8-6-14-11-20(4,5)24(13-14)18(25)26/h7,9,12,14,17,23H,6,8,10-11,13H2,1-5H3,(H,25,26)/t14-,17?,28?/m0/s1. The minimum Gasteiger partial charge on any atom is -0.465 e. The fourth-order valence-corrected chi connectivity index (χ4v) is 4.76. The molecule has 28 heavy (non-hydrogen) atoms. The summed E-state index contributed by atoms with van der Waals surface area (Å²) >= 11 is 3.40. The minimum absolute atomic E-state index is 0.0238. The number of amides is 1. The molecule has 158 valence electrons. The van der Waals surface area contributed by atoms with Crippen LogP contribution in [0.25, 0.3) is 0 Å². The van der Waals surface area contributed by atoms with E-state index in [1.807, 2.05) is 46.8 Å². The average molecular weight is 474 g/mol.